The van der Waals surface area contributed by atoms with Gasteiger partial charge in [-0.15, -0.1) is 0 Å². The minimum Gasteiger partial charge on any atom is -0.359 e. The number of nitrogens with zero attached hydrogens (tertiary/aromatic N) is 4. The molecule has 4 aromatic heterocycles. The maximum absolute atomic E-state index is 4.99. The molecule has 0 aromatic carbocycles. The summed E-state index contributed by atoms with van der Waals surface area (Å²) in [5.41, 5.74) is 3.70. The Labute approximate surface area is 165 Å². The van der Waals surface area contributed by atoms with Gasteiger partial charge in [0.2, 0.25) is 0 Å². The van der Waals surface area contributed by atoms with Crippen LogP contribution >= 0.6 is 0 Å². The van der Waals surface area contributed by atoms with Gasteiger partial charge in [-0.1, -0.05) is 27.7 Å². The quantitative estimate of drug-likeness (QED) is 0.542. The Hall–Kier alpha value is -3.02. The maximum Gasteiger partial charge on any atom is 0.156 e. The normalized spacial score (nSPS) is 12.6. The van der Waals surface area contributed by atoms with Crippen molar-refractivity contribution in [1.82, 2.24) is 29.1 Å². The van der Waals surface area contributed by atoms with Crippen molar-refractivity contribution in [1.29, 1.82) is 0 Å². The van der Waals surface area contributed by atoms with Crippen LogP contribution < -0.4 is 0 Å². The summed E-state index contributed by atoms with van der Waals surface area (Å²) in [6.45, 7) is 8.99. The molecule has 146 valence electrons. The Balaban J connectivity index is 1.75. The molecule has 4 aromatic rings. The summed E-state index contributed by atoms with van der Waals surface area (Å²) in [4.78, 5) is 16.5. The number of aryl methyl sites for hydroxylation is 2. The number of H-pyrrole nitrogens is 2. The van der Waals surface area contributed by atoms with E-state index < -0.39 is 0 Å². The molecule has 0 unspecified atom stereocenters. The predicted octanol–water partition coefficient (Wildman–Crippen LogP) is 4.40. The zero-order valence-electron chi connectivity index (χ0n) is 17.4. The molecule has 0 saturated heterocycles. The van der Waals surface area contributed by atoms with Crippen LogP contribution in [0.4, 0.5) is 0 Å². The van der Waals surface area contributed by atoms with Crippen LogP contribution in [0.3, 0.4) is 0 Å². The predicted molar refractivity (Wildman–Crippen MR) is 112 cm³/mol. The van der Waals surface area contributed by atoms with E-state index in [1.165, 1.54) is 0 Å². The lowest BCUT2D eigenvalue weighted by Crippen LogP contribution is -2.41. The molecule has 0 radical (unpaired) electrons. The minimum absolute atomic E-state index is 0.225. The summed E-state index contributed by atoms with van der Waals surface area (Å²) in [5, 5.41) is 0. The van der Waals surface area contributed by atoms with Crippen LogP contribution in [0.1, 0.15) is 39.1 Å². The minimum atomic E-state index is -0.225. The van der Waals surface area contributed by atoms with Crippen LogP contribution in [0.5, 0.6) is 0 Å². The fourth-order valence-electron chi connectivity index (χ4n) is 3.61. The van der Waals surface area contributed by atoms with Gasteiger partial charge in [0.05, 0.1) is 22.8 Å². The Morgan fingerprint density at radius 3 is 1.43 bits per heavy atom. The van der Waals surface area contributed by atoms with Crippen molar-refractivity contribution in [3.05, 3.63) is 60.4 Å². The van der Waals surface area contributed by atoms with E-state index in [1.54, 1.807) is 0 Å². The standard InChI is InChI=1S/C22H28N6/c1-21(2,17-13-27(5)19(25-17)15-9-7-11-23-15)22(3,4)18-14-28(6)20(26-18)16-10-8-12-24-16/h7-14,23-24H,1-6H3. The van der Waals surface area contributed by atoms with Crippen molar-refractivity contribution in [2.45, 2.75) is 38.5 Å². The molecule has 0 aliphatic heterocycles. The second-order valence-electron chi connectivity index (χ2n) is 8.54. The molecule has 0 atom stereocenters. The van der Waals surface area contributed by atoms with Crippen LogP contribution in [-0.4, -0.2) is 29.1 Å². The lowest BCUT2D eigenvalue weighted by molar-refractivity contribution is 0.290. The Morgan fingerprint density at radius 1 is 0.714 bits per heavy atom. The number of hydrogen-bond donors (Lipinski definition) is 2. The van der Waals surface area contributed by atoms with Crippen LogP contribution in [0.15, 0.2) is 49.1 Å². The highest BCUT2D eigenvalue weighted by atomic mass is 15.1. The maximum atomic E-state index is 4.99. The van der Waals surface area contributed by atoms with Gasteiger partial charge < -0.3 is 19.1 Å². The fourth-order valence-corrected chi connectivity index (χ4v) is 3.61. The molecular weight excluding hydrogens is 348 g/mol. The van der Waals surface area contributed by atoms with E-state index in [-0.39, 0.29) is 10.8 Å². The van der Waals surface area contributed by atoms with E-state index >= 15 is 0 Å². The zero-order chi connectivity index (χ0) is 20.1. The van der Waals surface area contributed by atoms with Gasteiger partial charge in [0.15, 0.2) is 11.6 Å². The molecule has 4 heterocycles. The third kappa shape index (κ3) is 2.71. The van der Waals surface area contributed by atoms with Gasteiger partial charge in [0.25, 0.3) is 0 Å². The van der Waals surface area contributed by atoms with Gasteiger partial charge in [-0.3, -0.25) is 0 Å². The number of hydrogen-bond acceptors (Lipinski definition) is 2. The third-order valence-electron chi connectivity index (χ3n) is 6.27. The lowest BCUT2D eigenvalue weighted by atomic mass is 9.64. The largest absolute Gasteiger partial charge is 0.359 e. The molecule has 4 rings (SSSR count). The molecular formula is C22H28N6. The molecule has 0 saturated carbocycles. The van der Waals surface area contributed by atoms with E-state index in [9.17, 15) is 0 Å². The first-order valence-corrected chi connectivity index (χ1v) is 9.57. The van der Waals surface area contributed by atoms with Crippen molar-refractivity contribution in [2.24, 2.45) is 14.1 Å². The van der Waals surface area contributed by atoms with Crippen molar-refractivity contribution in [2.75, 3.05) is 0 Å². The molecule has 6 nitrogen and oxygen atoms in total. The molecule has 28 heavy (non-hydrogen) atoms. The van der Waals surface area contributed by atoms with E-state index in [0.29, 0.717) is 0 Å². The van der Waals surface area contributed by atoms with E-state index in [1.807, 2.05) is 50.8 Å². The molecule has 0 bridgehead atoms. The van der Waals surface area contributed by atoms with Gasteiger partial charge in [-0.05, 0) is 24.3 Å². The van der Waals surface area contributed by atoms with E-state index in [4.69, 9.17) is 9.97 Å². The lowest BCUT2D eigenvalue weighted by Gasteiger charge is -2.39. The van der Waals surface area contributed by atoms with Crippen LogP contribution in [0.25, 0.3) is 23.0 Å². The van der Waals surface area contributed by atoms with Crippen molar-refractivity contribution >= 4 is 0 Å². The molecule has 0 aliphatic carbocycles. The molecule has 0 spiro atoms. The molecule has 0 aliphatic rings. The highest BCUT2D eigenvalue weighted by Gasteiger charge is 2.43. The smallest absolute Gasteiger partial charge is 0.156 e. The highest BCUT2D eigenvalue weighted by molar-refractivity contribution is 5.53. The van der Waals surface area contributed by atoms with E-state index in [0.717, 1.165) is 34.4 Å². The first-order valence-electron chi connectivity index (χ1n) is 9.57. The first-order chi connectivity index (χ1) is 13.2. The molecule has 0 fully saturated rings. The monoisotopic (exact) mass is 376 g/mol. The average Bonchev–Trinajstić information content (AvgIpc) is 3.41. The fraction of sp³-hybridized carbons (Fsp3) is 0.364. The summed E-state index contributed by atoms with van der Waals surface area (Å²) < 4.78 is 4.17. The summed E-state index contributed by atoms with van der Waals surface area (Å²) >= 11 is 0. The van der Waals surface area contributed by atoms with Gasteiger partial charge in [0.1, 0.15) is 0 Å². The second-order valence-corrected chi connectivity index (χ2v) is 8.54. The third-order valence-corrected chi connectivity index (χ3v) is 6.27. The van der Waals surface area contributed by atoms with Gasteiger partial charge in [-0.25, -0.2) is 9.97 Å². The Kier molecular flexibility index (Phi) is 4.10. The first kappa shape index (κ1) is 18.3. The average molecular weight is 377 g/mol. The van der Waals surface area contributed by atoms with Crippen LogP contribution in [-0.2, 0) is 24.9 Å². The van der Waals surface area contributed by atoms with Crippen LogP contribution in [0.2, 0.25) is 0 Å². The van der Waals surface area contributed by atoms with Crippen molar-refractivity contribution < 1.29 is 0 Å². The van der Waals surface area contributed by atoms with Crippen LogP contribution in [0, 0.1) is 0 Å². The van der Waals surface area contributed by atoms with Gasteiger partial charge >= 0.3 is 0 Å². The number of aromatic amines is 2. The SMILES string of the molecule is Cn1cc(C(C)(C)C(C)(C)c2cn(C)c(-c3ccc[nH]3)n2)nc1-c1ccc[nH]1. The molecule has 6 heteroatoms. The van der Waals surface area contributed by atoms with Crippen molar-refractivity contribution in [3.8, 4) is 23.0 Å². The number of aromatic nitrogens is 6. The number of imidazole rings is 2. The Bertz CT molecular complexity index is 986. The highest BCUT2D eigenvalue weighted by Crippen LogP contribution is 2.43. The summed E-state index contributed by atoms with van der Waals surface area (Å²) in [7, 11) is 4.08. The van der Waals surface area contributed by atoms with E-state index in [2.05, 4.69) is 59.2 Å². The summed E-state index contributed by atoms with van der Waals surface area (Å²) in [6, 6.07) is 8.08. The topological polar surface area (TPSA) is 67.2 Å². The number of rotatable bonds is 5. The van der Waals surface area contributed by atoms with Crippen molar-refractivity contribution in [3.63, 3.8) is 0 Å². The van der Waals surface area contributed by atoms with Gasteiger partial charge in [-0.2, -0.15) is 0 Å². The number of nitrogens with one attached hydrogen (secondary N) is 2. The van der Waals surface area contributed by atoms with Gasteiger partial charge in [0, 0.05) is 49.7 Å². The molecule has 2 N–H and O–H groups in total. The molecule has 0 amide bonds. The second kappa shape index (κ2) is 6.26. The zero-order valence-corrected chi connectivity index (χ0v) is 17.4. The summed E-state index contributed by atoms with van der Waals surface area (Å²) in [6.07, 6.45) is 8.11. The Morgan fingerprint density at radius 2 is 1.11 bits per heavy atom. The summed E-state index contributed by atoms with van der Waals surface area (Å²) in [5.74, 6) is 1.88.